The zero-order valence-electron chi connectivity index (χ0n) is 15.1. The highest BCUT2D eigenvalue weighted by atomic mass is 79.9. The van der Waals surface area contributed by atoms with Crippen LogP contribution >= 0.6 is 15.9 Å². The van der Waals surface area contributed by atoms with Crippen molar-refractivity contribution in [1.29, 1.82) is 0 Å². The summed E-state index contributed by atoms with van der Waals surface area (Å²) in [5.74, 6) is -0.0849. The van der Waals surface area contributed by atoms with Crippen molar-refractivity contribution in [3.8, 4) is 5.75 Å². The Kier molecular flexibility index (Phi) is 7.07. The number of rotatable bonds is 5. The lowest BCUT2D eigenvalue weighted by atomic mass is 10.2. The number of benzene rings is 1. The summed E-state index contributed by atoms with van der Waals surface area (Å²) in [6.45, 7) is 9.89. The molecule has 0 atom stereocenters. The molecule has 1 fully saturated rings. The number of carbonyl (C=O) groups is 1. The van der Waals surface area contributed by atoms with Crippen LogP contribution in [-0.4, -0.2) is 60.8 Å². The topological polar surface area (TPSA) is 42.0 Å². The second-order valence-corrected chi connectivity index (χ2v) is 8.00. The van der Waals surface area contributed by atoms with Crippen LogP contribution < -0.4 is 4.74 Å². The van der Waals surface area contributed by atoms with Gasteiger partial charge in [-0.1, -0.05) is 15.9 Å². The second kappa shape index (κ2) is 8.85. The zero-order valence-corrected chi connectivity index (χ0v) is 16.6. The molecule has 0 aliphatic carbocycles. The highest BCUT2D eigenvalue weighted by molar-refractivity contribution is 9.10. The van der Waals surface area contributed by atoms with Crippen LogP contribution in [0.2, 0.25) is 0 Å². The van der Waals surface area contributed by atoms with Gasteiger partial charge in [0.1, 0.15) is 5.60 Å². The molecule has 1 amide bonds. The largest absolute Gasteiger partial charge is 0.490 e. The van der Waals surface area contributed by atoms with Crippen LogP contribution in [0.1, 0.15) is 27.2 Å². The lowest BCUT2D eigenvalue weighted by Gasteiger charge is -2.35. The average Bonchev–Trinajstić information content (AvgIpc) is 2.52. The minimum Gasteiger partial charge on any atom is -0.490 e. The maximum atomic E-state index is 13.7. The molecule has 2 rings (SSSR count). The van der Waals surface area contributed by atoms with E-state index in [2.05, 4.69) is 20.8 Å². The van der Waals surface area contributed by atoms with Gasteiger partial charge in [-0.3, -0.25) is 4.90 Å². The van der Waals surface area contributed by atoms with Crippen molar-refractivity contribution in [2.24, 2.45) is 0 Å². The van der Waals surface area contributed by atoms with Crippen molar-refractivity contribution < 1.29 is 18.7 Å². The smallest absolute Gasteiger partial charge is 0.410 e. The van der Waals surface area contributed by atoms with Gasteiger partial charge in [0.05, 0.1) is 6.61 Å². The number of nitrogens with zero attached hydrogens (tertiary/aromatic N) is 2. The van der Waals surface area contributed by atoms with E-state index >= 15 is 0 Å². The highest BCUT2D eigenvalue weighted by Crippen LogP contribution is 2.21. The lowest BCUT2D eigenvalue weighted by Crippen LogP contribution is -2.50. The van der Waals surface area contributed by atoms with E-state index in [-0.39, 0.29) is 17.7 Å². The van der Waals surface area contributed by atoms with E-state index in [4.69, 9.17) is 9.47 Å². The molecule has 7 heteroatoms. The molecule has 0 spiro atoms. The first-order valence-electron chi connectivity index (χ1n) is 8.53. The first-order valence-corrected chi connectivity index (χ1v) is 9.32. The molecule has 0 N–H and O–H groups in total. The number of piperazine rings is 1. The molecular weight excluding hydrogens is 391 g/mol. The van der Waals surface area contributed by atoms with E-state index in [1.54, 1.807) is 17.0 Å². The van der Waals surface area contributed by atoms with Gasteiger partial charge in [-0.05, 0) is 45.4 Å². The molecule has 140 valence electrons. The van der Waals surface area contributed by atoms with E-state index in [9.17, 15) is 9.18 Å². The molecule has 0 saturated carbocycles. The summed E-state index contributed by atoms with van der Waals surface area (Å²) in [6.07, 6.45) is 0.559. The van der Waals surface area contributed by atoms with Crippen LogP contribution in [0, 0.1) is 5.82 Å². The molecule has 0 unspecified atom stereocenters. The van der Waals surface area contributed by atoms with Gasteiger partial charge in [-0.2, -0.15) is 0 Å². The maximum absolute atomic E-state index is 13.7. The Bertz CT molecular complexity index is 584. The number of hydrogen-bond acceptors (Lipinski definition) is 4. The first-order chi connectivity index (χ1) is 11.7. The van der Waals surface area contributed by atoms with Crippen molar-refractivity contribution in [2.45, 2.75) is 32.8 Å². The molecule has 1 aliphatic heterocycles. The van der Waals surface area contributed by atoms with Gasteiger partial charge >= 0.3 is 6.09 Å². The van der Waals surface area contributed by atoms with Crippen LogP contribution in [0.15, 0.2) is 22.7 Å². The third-order valence-electron chi connectivity index (χ3n) is 3.79. The molecule has 1 aliphatic rings. The minimum atomic E-state index is -0.464. The average molecular weight is 417 g/mol. The molecule has 0 bridgehead atoms. The van der Waals surface area contributed by atoms with Crippen LogP contribution in [0.3, 0.4) is 0 Å². The van der Waals surface area contributed by atoms with Crippen molar-refractivity contribution in [2.75, 3.05) is 39.3 Å². The van der Waals surface area contributed by atoms with Crippen molar-refractivity contribution in [3.05, 3.63) is 28.5 Å². The Balaban J connectivity index is 1.65. The number of ether oxygens (including phenoxy) is 2. The highest BCUT2D eigenvalue weighted by Gasteiger charge is 2.25. The van der Waals surface area contributed by atoms with Gasteiger partial charge in [0.15, 0.2) is 11.6 Å². The summed E-state index contributed by atoms with van der Waals surface area (Å²) in [6, 6.07) is 4.78. The monoisotopic (exact) mass is 416 g/mol. The molecule has 1 heterocycles. The Hall–Kier alpha value is -1.34. The van der Waals surface area contributed by atoms with Crippen LogP contribution in [0.5, 0.6) is 5.75 Å². The van der Waals surface area contributed by atoms with Crippen molar-refractivity contribution >= 4 is 22.0 Å². The van der Waals surface area contributed by atoms with Gasteiger partial charge in [-0.25, -0.2) is 9.18 Å². The number of amides is 1. The number of hydrogen-bond donors (Lipinski definition) is 0. The van der Waals surface area contributed by atoms with Crippen LogP contribution in [0.4, 0.5) is 9.18 Å². The molecule has 1 aromatic carbocycles. The van der Waals surface area contributed by atoms with Crippen LogP contribution in [0.25, 0.3) is 0 Å². The predicted molar refractivity (Wildman–Crippen MR) is 98.5 cm³/mol. The van der Waals surface area contributed by atoms with Crippen molar-refractivity contribution in [1.82, 2.24) is 9.80 Å². The van der Waals surface area contributed by atoms with E-state index in [1.165, 1.54) is 6.07 Å². The third kappa shape index (κ3) is 6.82. The van der Waals surface area contributed by atoms with E-state index in [0.717, 1.165) is 26.1 Å². The minimum absolute atomic E-state index is 0.249. The standard InChI is InChI=1S/C18H26BrFN2O3/c1-18(2,3)25-17(23)22-10-8-21(9-11-22)7-4-12-24-16-6-5-14(19)13-15(16)20/h5-6,13H,4,7-12H2,1-3H3. The van der Waals surface area contributed by atoms with Crippen molar-refractivity contribution in [3.63, 3.8) is 0 Å². The SMILES string of the molecule is CC(C)(C)OC(=O)N1CCN(CCCOc2ccc(Br)cc2F)CC1. The zero-order chi connectivity index (χ0) is 18.4. The first kappa shape index (κ1) is 20.0. The predicted octanol–water partition coefficient (Wildman–Crippen LogP) is 3.91. The molecule has 1 aromatic rings. The fraction of sp³-hybridized carbons (Fsp3) is 0.611. The van der Waals surface area contributed by atoms with Crippen LogP contribution in [-0.2, 0) is 4.74 Å². The van der Waals surface area contributed by atoms with E-state index in [0.29, 0.717) is 24.2 Å². The molecule has 0 aromatic heterocycles. The van der Waals surface area contributed by atoms with E-state index < -0.39 is 5.60 Å². The molecule has 1 saturated heterocycles. The summed E-state index contributed by atoms with van der Waals surface area (Å²) >= 11 is 3.22. The fourth-order valence-corrected chi connectivity index (χ4v) is 2.88. The molecule has 0 radical (unpaired) electrons. The lowest BCUT2D eigenvalue weighted by molar-refractivity contribution is 0.0142. The summed E-state index contributed by atoms with van der Waals surface area (Å²) in [5.41, 5.74) is -0.464. The summed E-state index contributed by atoms with van der Waals surface area (Å²) in [7, 11) is 0. The summed E-state index contributed by atoms with van der Waals surface area (Å²) in [4.78, 5) is 16.0. The van der Waals surface area contributed by atoms with Gasteiger partial charge in [0, 0.05) is 37.2 Å². The third-order valence-corrected chi connectivity index (χ3v) is 4.29. The summed E-state index contributed by atoms with van der Waals surface area (Å²) in [5, 5.41) is 0. The van der Waals surface area contributed by atoms with E-state index in [1.807, 2.05) is 20.8 Å². The quantitative estimate of drug-likeness (QED) is 0.682. The second-order valence-electron chi connectivity index (χ2n) is 7.09. The Labute approximate surface area is 157 Å². The summed E-state index contributed by atoms with van der Waals surface area (Å²) < 4.78 is 25.2. The Morgan fingerprint density at radius 2 is 1.92 bits per heavy atom. The maximum Gasteiger partial charge on any atom is 0.410 e. The Morgan fingerprint density at radius 3 is 2.52 bits per heavy atom. The van der Waals surface area contributed by atoms with Gasteiger partial charge in [0.25, 0.3) is 0 Å². The fourth-order valence-electron chi connectivity index (χ4n) is 2.54. The van der Waals surface area contributed by atoms with Gasteiger partial charge in [-0.15, -0.1) is 0 Å². The number of carbonyl (C=O) groups excluding carboxylic acids is 1. The van der Waals surface area contributed by atoms with Gasteiger partial charge < -0.3 is 14.4 Å². The number of halogens is 2. The Morgan fingerprint density at radius 1 is 1.24 bits per heavy atom. The molecule has 25 heavy (non-hydrogen) atoms. The normalized spacial score (nSPS) is 16.0. The molecular formula is C18H26BrFN2O3. The molecule has 5 nitrogen and oxygen atoms in total. The van der Waals surface area contributed by atoms with Gasteiger partial charge in [0.2, 0.25) is 0 Å².